The summed E-state index contributed by atoms with van der Waals surface area (Å²) in [7, 11) is -3.63. The third-order valence-electron chi connectivity index (χ3n) is 5.17. The van der Waals surface area contributed by atoms with Crippen molar-refractivity contribution in [1.29, 1.82) is 0 Å². The lowest BCUT2D eigenvalue weighted by Crippen LogP contribution is -2.28. The summed E-state index contributed by atoms with van der Waals surface area (Å²) in [6.45, 7) is 4.54. The summed E-state index contributed by atoms with van der Waals surface area (Å²) in [6.07, 6.45) is 2.36. The first kappa shape index (κ1) is 23.9. The number of sulfonamides is 1. The maximum Gasteiger partial charge on any atom is 0.255 e. The Morgan fingerprint density at radius 1 is 1.03 bits per heavy atom. The van der Waals surface area contributed by atoms with E-state index < -0.39 is 15.9 Å². The lowest BCUT2D eigenvalue weighted by Gasteiger charge is -2.16. The van der Waals surface area contributed by atoms with Crippen molar-refractivity contribution in [3.8, 4) is 0 Å². The standard InChI is InChI=1S/C23H29N3O5S/c1-2-31-16-8-13-24-23(28)20-11-3-4-12-21(20)25-22(27)18-9-7-10-19(17-18)32(29,30)26-14-5-6-15-26/h3-4,7,9-12,17H,2,5-6,8,13-16H2,1H3,(H,24,28)(H,25,27). The number of para-hydroxylation sites is 1. The molecule has 0 aliphatic carbocycles. The lowest BCUT2D eigenvalue weighted by atomic mass is 10.1. The van der Waals surface area contributed by atoms with E-state index in [1.807, 2.05) is 6.92 Å². The van der Waals surface area contributed by atoms with E-state index in [0.29, 0.717) is 50.5 Å². The van der Waals surface area contributed by atoms with Crippen LogP contribution in [0.2, 0.25) is 0 Å². The van der Waals surface area contributed by atoms with Gasteiger partial charge in [-0.3, -0.25) is 9.59 Å². The summed E-state index contributed by atoms with van der Waals surface area (Å²) in [5.41, 5.74) is 0.892. The van der Waals surface area contributed by atoms with E-state index in [9.17, 15) is 18.0 Å². The van der Waals surface area contributed by atoms with E-state index in [1.54, 1.807) is 36.4 Å². The first-order valence-electron chi connectivity index (χ1n) is 10.8. The zero-order valence-corrected chi connectivity index (χ0v) is 19.0. The molecule has 2 aromatic rings. The zero-order valence-electron chi connectivity index (χ0n) is 18.2. The Morgan fingerprint density at radius 2 is 1.78 bits per heavy atom. The highest BCUT2D eigenvalue weighted by molar-refractivity contribution is 7.89. The number of ether oxygens (including phenoxy) is 1. The second-order valence-electron chi connectivity index (χ2n) is 7.45. The first-order chi connectivity index (χ1) is 15.4. The molecule has 0 spiro atoms. The van der Waals surface area contributed by atoms with E-state index in [-0.39, 0.29) is 16.4 Å². The van der Waals surface area contributed by atoms with Gasteiger partial charge in [-0.15, -0.1) is 0 Å². The molecule has 32 heavy (non-hydrogen) atoms. The van der Waals surface area contributed by atoms with Crippen LogP contribution >= 0.6 is 0 Å². The molecule has 1 saturated heterocycles. The third kappa shape index (κ3) is 5.93. The summed E-state index contributed by atoms with van der Waals surface area (Å²) in [5, 5.41) is 5.55. The summed E-state index contributed by atoms with van der Waals surface area (Å²) in [6, 6.07) is 12.7. The number of nitrogens with one attached hydrogen (secondary N) is 2. The van der Waals surface area contributed by atoms with Gasteiger partial charge in [0.05, 0.1) is 16.1 Å². The molecule has 3 rings (SSSR count). The van der Waals surface area contributed by atoms with Crippen LogP contribution in [-0.4, -0.2) is 57.4 Å². The van der Waals surface area contributed by atoms with Crippen LogP contribution in [0.1, 0.15) is 46.9 Å². The van der Waals surface area contributed by atoms with Crippen LogP contribution in [0.4, 0.5) is 5.69 Å². The second-order valence-corrected chi connectivity index (χ2v) is 9.38. The molecule has 2 amide bonds. The van der Waals surface area contributed by atoms with Crippen molar-refractivity contribution in [2.75, 3.05) is 38.2 Å². The highest BCUT2D eigenvalue weighted by atomic mass is 32.2. The minimum absolute atomic E-state index is 0.0902. The third-order valence-corrected chi connectivity index (χ3v) is 7.07. The van der Waals surface area contributed by atoms with E-state index in [0.717, 1.165) is 12.8 Å². The highest BCUT2D eigenvalue weighted by Crippen LogP contribution is 2.22. The van der Waals surface area contributed by atoms with Gasteiger partial charge in [-0.05, 0) is 56.5 Å². The quantitative estimate of drug-likeness (QED) is 0.532. The summed E-state index contributed by atoms with van der Waals surface area (Å²) in [5.74, 6) is -0.789. The molecule has 1 heterocycles. The van der Waals surface area contributed by atoms with Gasteiger partial charge in [0.15, 0.2) is 0 Å². The van der Waals surface area contributed by atoms with Crippen LogP contribution in [0.3, 0.4) is 0 Å². The normalized spacial score (nSPS) is 14.3. The fourth-order valence-corrected chi connectivity index (χ4v) is 5.04. The largest absolute Gasteiger partial charge is 0.382 e. The van der Waals surface area contributed by atoms with E-state index in [2.05, 4.69) is 10.6 Å². The monoisotopic (exact) mass is 459 g/mol. The molecule has 0 aromatic heterocycles. The smallest absolute Gasteiger partial charge is 0.255 e. The van der Waals surface area contributed by atoms with Crippen molar-refractivity contribution in [3.63, 3.8) is 0 Å². The Kier molecular flexibility index (Phi) is 8.38. The molecule has 0 bridgehead atoms. The van der Waals surface area contributed by atoms with Crippen molar-refractivity contribution < 1.29 is 22.7 Å². The highest BCUT2D eigenvalue weighted by Gasteiger charge is 2.27. The number of carbonyl (C=O) groups excluding carboxylic acids is 2. The molecule has 2 aromatic carbocycles. The van der Waals surface area contributed by atoms with Gasteiger partial charge in [0.25, 0.3) is 11.8 Å². The van der Waals surface area contributed by atoms with E-state index >= 15 is 0 Å². The van der Waals surface area contributed by atoms with Crippen LogP contribution in [-0.2, 0) is 14.8 Å². The number of benzene rings is 2. The summed E-state index contributed by atoms with van der Waals surface area (Å²) < 4.78 is 32.3. The fraction of sp³-hybridized carbons (Fsp3) is 0.391. The number of rotatable bonds is 10. The van der Waals surface area contributed by atoms with Crippen molar-refractivity contribution in [1.82, 2.24) is 9.62 Å². The Morgan fingerprint density at radius 3 is 2.53 bits per heavy atom. The number of hydrogen-bond acceptors (Lipinski definition) is 5. The van der Waals surface area contributed by atoms with Crippen molar-refractivity contribution >= 4 is 27.5 Å². The minimum Gasteiger partial charge on any atom is -0.382 e. The molecule has 8 nitrogen and oxygen atoms in total. The van der Waals surface area contributed by atoms with Crippen molar-refractivity contribution in [3.05, 3.63) is 59.7 Å². The molecule has 0 unspecified atom stereocenters. The van der Waals surface area contributed by atoms with Gasteiger partial charge < -0.3 is 15.4 Å². The van der Waals surface area contributed by atoms with Crippen LogP contribution in [0.5, 0.6) is 0 Å². The van der Waals surface area contributed by atoms with Crippen LogP contribution in [0.15, 0.2) is 53.4 Å². The number of amides is 2. The predicted molar refractivity (Wildman–Crippen MR) is 122 cm³/mol. The molecule has 0 radical (unpaired) electrons. The molecular weight excluding hydrogens is 430 g/mol. The van der Waals surface area contributed by atoms with Gasteiger partial charge in [0.1, 0.15) is 0 Å². The van der Waals surface area contributed by atoms with Gasteiger partial charge in [0, 0.05) is 38.4 Å². The average molecular weight is 460 g/mol. The SMILES string of the molecule is CCOCCCNC(=O)c1ccccc1NC(=O)c1cccc(S(=O)(=O)N2CCCC2)c1. The number of hydrogen-bond donors (Lipinski definition) is 2. The summed E-state index contributed by atoms with van der Waals surface area (Å²) >= 11 is 0. The van der Waals surface area contributed by atoms with Gasteiger partial charge in [-0.25, -0.2) is 8.42 Å². The fourth-order valence-electron chi connectivity index (χ4n) is 3.48. The van der Waals surface area contributed by atoms with Gasteiger partial charge in [0.2, 0.25) is 10.0 Å². The number of anilines is 1. The second kappa shape index (κ2) is 11.2. The predicted octanol–water partition coefficient (Wildman–Crippen LogP) is 2.88. The van der Waals surface area contributed by atoms with Crippen molar-refractivity contribution in [2.24, 2.45) is 0 Å². The zero-order chi connectivity index (χ0) is 23.0. The molecule has 0 atom stereocenters. The number of carbonyl (C=O) groups is 2. The molecule has 0 saturated carbocycles. The van der Waals surface area contributed by atoms with Crippen molar-refractivity contribution in [2.45, 2.75) is 31.1 Å². The Bertz CT molecular complexity index is 1050. The molecule has 1 aliphatic heterocycles. The molecular formula is C23H29N3O5S. The molecule has 2 N–H and O–H groups in total. The molecule has 172 valence electrons. The number of nitrogens with zero attached hydrogens (tertiary/aromatic N) is 1. The lowest BCUT2D eigenvalue weighted by molar-refractivity contribution is 0.0945. The average Bonchev–Trinajstić information content (AvgIpc) is 3.35. The van der Waals surface area contributed by atoms with Crippen LogP contribution in [0.25, 0.3) is 0 Å². The van der Waals surface area contributed by atoms with Crippen LogP contribution < -0.4 is 10.6 Å². The topological polar surface area (TPSA) is 105 Å². The Balaban J connectivity index is 1.71. The van der Waals surface area contributed by atoms with Gasteiger partial charge in [-0.2, -0.15) is 4.31 Å². The minimum atomic E-state index is -3.63. The first-order valence-corrected chi connectivity index (χ1v) is 12.2. The summed E-state index contributed by atoms with van der Waals surface area (Å²) in [4.78, 5) is 25.5. The van der Waals surface area contributed by atoms with E-state index in [1.165, 1.54) is 16.4 Å². The van der Waals surface area contributed by atoms with E-state index in [4.69, 9.17) is 4.74 Å². The molecule has 1 fully saturated rings. The maximum absolute atomic E-state index is 12.9. The Labute approximate surface area is 189 Å². The maximum atomic E-state index is 12.9. The Hall–Kier alpha value is -2.75. The molecule has 1 aliphatic rings. The van der Waals surface area contributed by atoms with Gasteiger partial charge in [-0.1, -0.05) is 18.2 Å². The van der Waals surface area contributed by atoms with Crippen LogP contribution in [0, 0.1) is 0 Å². The van der Waals surface area contributed by atoms with Gasteiger partial charge >= 0.3 is 0 Å². The molecule has 9 heteroatoms.